The highest BCUT2D eigenvalue weighted by molar-refractivity contribution is 7.07. The molecule has 1 atom stereocenters. The van der Waals surface area contributed by atoms with Gasteiger partial charge in [0, 0.05) is 6.04 Å². The van der Waals surface area contributed by atoms with Gasteiger partial charge < -0.3 is 5.32 Å². The van der Waals surface area contributed by atoms with Crippen molar-refractivity contribution in [3.63, 3.8) is 0 Å². The van der Waals surface area contributed by atoms with Crippen LogP contribution in [0.2, 0.25) is 0 Å². The predicted octanol–water partition coefficient (Wildman–Crippen LogP) is 4.63. The number of nitrogens with one attached hydrogen (secondary N) is 1. The van der Waals surface area contributed by atoms with E-state index in [1.54, 1.807) is 0 Å². The van der Waals surface area contributed by atoms with E-state index in [-0.39, 0.29) is 0 Å². The van der Waals surface area contributed by atoms with Crippen LogP contribution in [0.1, 0.15) is 57.4 Å². The second-order valence-corrected chi connectivity index (χ2v) is 6.46. The summed E-state index contributed by atoms with van der Waals surface area (Å²) in [5, 5.41) is 8.19. The molecule has 1 saturated carbocycles. The Bertz CT molecular complexity index is 299. The summed E-state index contributed by atoms with van der Waals surface area (Å²) < 4.78 is 0. The number of rotatable bonds is 6. The Balaban J connectivity index is 1.84. The van der Waals surface area contributed by atoms with Gasteiger partial charge in [0.25, 0.3) is 0 Å². The maximum Gasteiger partial charge on any atom is 0.0110 e. The van der Waals surface area contributed by atoms with Crippen molar-refractivity contribution in [3.05, 3.63) is 22.4 Å². The van der Waals surface area contributed by atoms with Gasteiger partial charge in [0.1, 0.15) is 0 Å². The van der Waals surface area contributed by atoms with Gasteiger partial charge in [-0.1, -0.05) is 45.4 Å². The molecule has 1 aliphatic carbocycles. The molecule has 0 aromatic carbocycles. The Morgan fingerprint density at radius 3 is 2.67 bits per heavy atom. The van der Waals surface area contributed by atoms with Crippen LogP contribution in [0.5, 0.6) is 0 Å². The van der Waals surface area contributed by atoms with Gasteiger partial charge in [-0.15, -0.1) is 0 Å². The molecule has 1 aromatic rings. The molecule has 18 heavy (non-hydrogen) atoms. The summed E-state index contributed by atoms with van der Waals surface area (Å²) in [6.07, 6.45) is 11.4. The highest BCUT2D eigenvalue weighted by atomic mass is 32.1. The van der Waals surface area contributed by atoms with Crippen LogP contribution in [0.15, 0.2) is 16.8 Å². The third-order valence-electron chi connectivity index (χ3n) is 4.15. The first-order valence-electron chi connectivity index (χ1n) is 7.63. The normalized spacial score (nSPS) is 19.6. The lowest BCUT2D eigenvalue weighted by Crippen LogP contribution is -2.33. The predicted molar refractivity (Wildman–Crippen MR) is 81.3 cm³/mol. The van der Waals surface area contributed by atoms with Gasteiger partial charge in [-0.3, -0.25) is 0 Å². The van der Waals surface area contributed by atoms with Gasteiger partial charge in [-0.25, -0.2) is 0 Å². The van der Waals surface area contributed by atoms with Crippen molar-refractivity contribution in [2.45, 2.75) is 64.3 Å². The number of hydrogen-bond acceptors (Lipinski definition) is 2. The molecule has 102 valence electrons. The second-order valence-electron chi connectivity index (χ2n) is 5.68. The Labute approximate surface area is 116 Å². The molecule has 1 heterocycles. The number of likely N-dealkylation sites (N-methyl/N-ethyl adjacent to an activating group) is 1. The molecule has 1 N–H and O–H groups in total. The zero-order valence-electron chi connectivity index (χ0n) is 11.7. The monoisotopic (exact) mass is 265 g/mol. The van der Waals surface area contributed by atoms with Crippen LogP contribution in [0.25, 0.3) is 0 Å². The molecule has 1 aromatic heterocycles. The Morgan fingerprint density at radius 2 is 2.06 bits per heavy atom. The van der Waals surface area contributed by atoms with E-state index < -0.39 is 0 Å². The van der Waals surface area contributed by atoms with Crippen LogP contribution >= 0.6 is 11.3 Å². The molecule has 1 nitrogen and oxygen atoms in total. The fourth-order valence-corrected chi connectivity index (χ4v) is 3.90. The number of hydrogen-bond donors (Lipinski definition) is 1. The lowest BCUT2D eigenvalue weighted by Gasteiger charge is -2.23. The smallest absolute Gasteiger partial charge is 0.0110 e. The lowest BCUT2D eigenvalue weighted by molar-refractivity contribution is 0.353. The van der Waals surface area contributed by atoms with E-state index in [9.17, 15) is 0 Å². The summed E-state index contributed by atoms with van der Waals surface area (Å²) in [7, 11) is 0. The minimum atomic E-state index is 0.688. The minimum Gasteiger partial charge on any atom is -0.314 e. The summed E-state index contributed by atoms with van der Waals surface area (Å²) in [5.74, 6) is 0.968. The van der Waals surface area contributed by atoms with Crippen molar-refractivity contribution in [1.29, 1.82) is 0 Å². The van der Waals surface area contributed by atoms with Gasteiger partial charge in [-0.2, -0.15) is 11.3 Å². The van der Waals surface area contributed by atoms with Crippen LogP contribution in [0, 0.1) is 5.92 Å². The first-order chi connectivity index (χ1) is 8.88. The summed E-state index contributed by atoms with van der Waals surface area (Å²) in [4.78, 5) is 0. The van der Waals surface area contributed by atoms with E-state index in [1.807, 2.05) is 11.3 Å². The van der Waals surface area contributed by atoms with Crippen molar-refractivity contribution in [2.75, 3.05) is 6.54 Å². The fraction of sp³-hybridized carbons (Fsp3) is 0.750. The lowest BCUT2D eigenvalue weighted by atomic mass is 9.90. The third-order valence-corrected chi connectivity index (χ3v) is 4.88. The van der Waals surface area contributed by atoms with Crippen molar-refractivity contribution >= 4 is 11.3 Å². The average molecular weight is 265 g/mol. The topological polar surface area (TPSA) is 12.0 Å². The Hall–Kier alpha value is -0.340. The van der Waals surface area contributed by atoms with E-state index in [2.05, 4.69) is 29.1 Å². The Kier molecular flexibility index (Phi) is 6.22. The molecule has 0 bridgehead atoms. The van der Waals surface area contributed by atoms with Crippen molar-refractivity contribution in [3.8, 4) is 0 Å². The van der Waals surface area contributed by atoms with E-state index in [1.165, 1.54) is 56.9 Å². The molecule has 2 rings (SSSR count). The van der Waals surface area contributed by atoms with Crippen LogP contribution in [0.3, 0.4) is 0 Å². The molecule has 0 aliphatic heterocycles. The van der Waals surface area contributed by atoms with Gasteiger partial charge in [0.2, 0.25) is 0 Å². The van der Waals surface area contributed by atoms with E-state index in [0.29, 0.717) is 6.04 Å². The third kappa shape index (κ3) is 4.74. The summed E-state index contributed by atoms with van der Waals surface area (Å²) in [5.41, 5.74) is 1.51. The molecule has 1 unspecified atom stereocenters. The molecule has 0 saturated heterocycles. The van der Waals surface area contributed by atoms with E-state index >= 15 is 0 Å². The first kappa shape index (κ1) is 14.1. The zero-order chi connectivity index (χ0) is 12.6. The Morgan fingerprint density at radius 1 is 1.28 bits per heavy atom. The van der Waals surface area contributed by atoms with Crippen LogP contribution in [-0.4, -0.2) is 12.6 Å². The summed E-state index contributed by atoms with van der Waals surface area (Å²) in [6.45, 7) is 3.33. The minimum absolute atomic E-state index is 0.688. The van der Waals surface area contributed by atoms with Crippen LogP contribution in [-0.2, 0) is 6.42 Å². The largest absolute Gasteiger partial charge is 0.314 e. The highest BCUT2D eigenvalue weighted by Gasteiger charge is 2.18. The highest BCUT2D eigenvalue weighted by Crippen LogP contribution is 2.27. The van der Waals surface area contributed by atoms with Gasteiger partial charge in [0.15, 0.2) is 0 Å². The quantitative estimate of drug-likeness (QED) is 0.740. The van der Waals surface area contributed by atoms with Crippen LogP contribution < -0.4 is 5.32 Å². The van der Waals surface area contributed by atoms with E-state index in [0.717, 1.165) is 12.5 Å². The molecular formula is C16H27NS. The SMILES string of the molecule is CCNC(Cc1ccsc1)CC1CCCCCC1. The van der Waals surface area contributed by atoms with Crippen LogP contribution in [0.4, 0.5) is 0 Å². The van der Waals surface area contributed by atoms with Gasteiger partial charge >= 0.3 is 0 Å². The fourth-order valence-electron chi connectivity index (χ4n) is 3.22. The van der Waals surface area contributed by atoms with Crippen molar-refractivity contribution < 1.29 is 0 Å². The number of thiophene rings is 1. The molecule has 1 fully saturated rings. The zero-order valence-corrected chi connectivity index (χ0v) is 12.5. The summed E-state index contributed by atoms with van der Waals surface area (Å²) >= 11 is 1.82. The second kappa shape index (κ2) is 7.96. The molecular weight excluding hydrogens is 238 g/mol. The first-order valence-corrected chi connectivity index (χ1v) is 8.57. The maximum absolute atomic E-state index is 3.69. The van der Waals surface area contributed by atoms with Gasteiger partial charge in [-0.05, 0) is 47.7 Å². The molecule has 0 amide bonds. The molecule has 2 heteroatoms. The molecule has 1 aliphatic rings. The standard InChI is InChI=1S/C16H27NS/c1-2-17-16(12-15-9-10-18-13-15)11-14-7-5-3-4-6-8-14/h9-10,13-14,16-17H,2-8,11-12H2,1H3. The summed E-state index contributed by atoms with van der Waals surface area (Å²) in [6, 6.07) is 2.97. The van der Waals surface area contributed by atoms with Crippen molar-refractivity contribution in [2.24, 2.45) is 5.92 Å². The molecule has 0 radical (unpaired) electrons. The van der Waals surface area contributed by atoms with E-state index in [4.69, 9.17) is 0 Å². The van der Waals surface area contributed by atoms with Gasteiger partial charge in [0.05, 0.1) is 0 Å². The van der Waals surface area contributed by atoms with Crippen molar-refractivity contribution in [1.82, 2.24) is 5.32 Å². The molecule has 0 spiro atoms. The average Bonchev–Trinajstić information content (AvgIpc) is 2.73. The maximum atomic E-state index is 3.69.